The van der Waals surface area contributed by atoms with E-state index in [1.165, 1.54) is 0 Å². The van der Waals surface area contributed by atoms with Gasteiger partial charge in [-0.15, -0.1) is 0 Å². The van der Waals surface area contributed by atoms with Gasteiger partial charge in [-0.05, 0) is 17.7 Å². The van der Waals surface area contributed by atoms with Gasteiger partial charge in [-0.25, -0.2) is 0 Å². The van der Waals surface area contributed by atoms with Gasteiger partial charge in [0.15, 0.2) is 11.5 Å². The number of rotatable bonds is 1. The van der Waals surface area contributed by atoms with Crippen molar-refractivity contribution in [2.45, 2.75) is 5.41 Å². The van der Waals surface area contributed by atoms with E-state index in [0.717, 1.165) is 11.3 Å². The van der Waals surface area contributed by atoms with Crippen LogP contribution in [0.25, 0.3) is 0 Å². The smallest absolute Gasteiger partial charge is 0.231 e. The number of nitrogens with zero attached hydrogens (tertiary/aromatic N) is 1. The van der Waals surface area contributed by atoms with Gasteiger partial charge in [-0.2, -0.15) is 5.26 Å². The molecule has 1 fully saturated rings. The third-order valence-corrected chi connectivity index (χ3v) is 2.84. The van der Waals surface area contributed by atoms with Crippen LogP contribution in [0, 0.1) is 11.3 Å². The number of fused-ring (bicyclic) bond motifs is 1. The maximum absolute atomic E-state index is 9.14. The molecule has 4 heteroatoms. The minimum Gasteiger partial charge on any atom is -0.454 e. The third kappa shape index (κ3) is 1.10. The maximum atomic E-state index is 9.14. The fraction of sp³-hybridized carbons (Fsp3) is 0.364. The van der Waals surface area contributed by atoms with Gasteiger partial charge in [-0.3, -0.25) is 0 Å². The lowest BCUT2D eigenvalue weighted by atomic mass is 9.80. The minimum absolute atomic E-state index is 0.259. The van der Waals surface area contributed by atoms with Gasteiger partial charge in [-0.1, -0.05) is 6.07 Å². The quantitative estimate of drug-likeness (QED) is 0.688. The van der Waals surface area contributed by atoms with Crippen LogP contribution < -0.4 is 9.47 Å². The molecule has 1 saturated heterocycles. The van der Waals surface area contributed by atoms with Gasteiger partial charge in [0.2, 0.25) is 6.79 Å². The molecular formula is C11H9NO3. The van der Waals surface area contributed by atoms with Crippen molar-refractivity contribution < 1.29 is 14.2 Å². The molecule has 3 rings (SSSR count). The molecule has 0 aromatic heterocycles. The molecule has 1 aromatic rings. The van der Waals surface area contributed by atoms with Crippen molar-refractivity contribution in [3.63, 3.8) is 0 Å². The molecule has 0 aliphatic carbocycles. The molecule has 0 saturated carbocycles. The van der Waals surface area contributed by atoms with Crippen LogP contribution in [-0.4, -0.2) is 20.0 Å². The minimum atomic E-state index is -0.485. The number of hydrogen-bond acceptors (Lipinski definition) is 4. The largest absolute Gasteiger partial charge is 0.454 e. The molecule has 0 atom stereocenters. The van der Waals surface area contributed by atoms with Crippen molar-refractivity contribution in [2.75, 3.05) is 20.0 Å². The van der Waals surface area contributed by atoms with Crippen LogP contribution in [0.2, 0.25) is 0 Å². The molecule has 0 amide bonds. The molecular weight excluding hydrogens is 194 g/mol. The van der Waals surface area contributed by atoms with E-state index in [9.17, 15) is 0 Å². The molecule has 0 N–H and O–H groups in total. The van der Waals surface area contributed by atoms with E-state index >= 15 is 0 Å². The Labute approximate surface area is 87.0 Å². The second kappa shape index (κ2) is 2.88. The van der Waals surface area contributed by atoms with Crippen molar-refractivity contribution in [1.29, 1.82) is 5.26 Å². The summed E-state index contributed by atoms with van der Waals surface area (Å²) in [5.74, 6) is 1.46. The van der Waals surface area contributed by atoms with E-state index in [4.69, 9.17) is 19.5 Å². The lowest BCUT2D eigenvalue weighted by molar-refractivity contribution is -0.0298. The molecule has 2 aliphatic heterocycles. The Bertz CT molecular complexity index is 446. The van der Waals surface area contributed by atoms with E-state index in [2.05, 4.69) is 6.07 Å². The van der Waals surface area contributed by atoms with Crippen molar-refractivity contribution in [2.24, 2.45) is 0 Å². The Hall–Kier alpha value is -1.73. The van der Waals surface area contributed by atoms with Gasteiger partial charge in [0.25, 0.3) is 0 Å². The third-order valence-electron chi connectivity index (χ3n) is 2.84. The average Bonchev–Trinajstić information content (AvgIpc) is 2.64. The van der Waals surface area contributed by atoms with Gasteiger partial charge >= 0.3 is 0 Å². The number of nitriles is 1. The highest BCUT2D eigenvalue weighted by Gasteiger charge is 2.41. The summed E-state index contributed by atoms with van der Waals surface area (Å²) >= 11 is 0. The fourth-order valence-electron chi connectivity index (χ4n) is 1.80. The molecule has 2 heterocycles. The predicted octanol–water partition coefficient (Wildman–Crippen LogP) is 1.21. The molecule has 0 spiro atoms. The lowest BCUT2D eigenvalue weighted by Crippen LogP contribution is -2.45. The van der Waals surface area contributed by atoms with Gasteiger partial charge in [0, 0.05) is 0 Å². The van der Waals surface area contributed by atoms with Crippen molar-refractivity contribution in [3.8, 4) is 17.6 Å². The van der Waals surface area contributed by atoms with Crippen molar-refractivity contribution in [1.82, 2.24) is 0 Å². The monoisotopic (exact) mass is 203 g/mol. The normalized spacial score (nSPS) is 20.5. The highest BCUT2D eigenvalue weighted by Crippen LogP contribution is 2.39. The van der Waals surface area contributed by atoms with Crippen LogP contribution in [0.15, 0.2) is 18.2 Å². The van der Waals surface area contributed by atoms with E-state index in [0.29, 0.717) is 19.0 Å². The van der Waals surface area contributed by atoms with Crippen molar-refractivity contribution >= 4 is 0 Å². The molecule has 1 aromatic carbocycles. The van der Waals surface area contributed by atoms with Gasteiger partial charge in [0.05, 0.1) is 19.3 Å². The van der Waals surface area contributed by atoms with E-state index < -0.39 is 5.41 Å². The SMILES string of the molecule is N#CC1(c2ccc3c(c2)OCO3)COC1. The van der Waals surface area contributed by atoms with Gasteiger partial charge < -0.3 is 14.2 Å². The number of ether oxygens (including phenoxy) is 3. The van der Waals surface area contributed by atoms with Crippen LogP contribution in [0.4, 0.5) is 0 Å². The second-order valence-corrected chi connectivity index (χ2v) is 3.75. The number of benzene rings is 1. The first kappa shape index (κ1) is 8.57. The summed E-state index contributed by atoms with van der Waals surface area (Å²) in [5.41, 5.74) is 0.460. The Balaban J connectivity index is 2.03. The highest BCUT2D eigenvalue weighted by molar-refractivity contribution is 5.49. The van der Waals surface area contributed by atoms with Crippen LogP contribution in [0.5, 0.6) is 11.5 Å². The molecule has 4 nitrogen and oxygen atoms in total. The second-order valence-electron chi connectivity index (χ2n) is 3.75. The summed E-state index contributed by atoms with van der Waals surface area (Å²) in [4.78, 5) is 0. The van der Waals surface area contributed by atoms with Crippen LogP contribution in [0.1, 0.15) is 5.56 Å². The Kier molecular flexibility index (Phi) is 1.64. The molecule has 15 heavy (non-hydrogen) atoms. The first-order chi connectivity index (χ1) is 7.34. The van der Waals surface area contributed by atoms with Gasteiger partial charge in [0.1, 0.15) is 5.41 Å². The summed E-state index contributed by atoms with van der Waals surface area (Å²) < 4.78 is 15.6. The topological polar surface area (TPSA) is 51.5 Å². The van der Waals surface area contributed by atoms with Crippen LogP contribution >= 0.6 is 0 Å². The molecule has 0 unspecified atom stereocenters. The average molecular weight is 203 g/mol. The maximum Gasteiger partial charge on any atom is 0.231 e. The molecule has 0 bridgehead atoms. The zero-order chi connectivity index (χ0) is 10.3. The Morgan fingerprint density at radius 3 is 2.67 bits per heavy atom. The predicted molar refractivity (Wildman–Crippen MR) is 50.7 cm³/mol. The molecule has 76 valence electrons. The van der Waals surface area contributed by atoms with Crippen LogP contribution in [-0.2, 0) is 10.2 Å². The van der Waals surface area contributed by atoms with E-state index in [1.54, 1.807) is 0 Å². The zero-order valence-electron chi connectivity index (χ0n) is 8.03. The lowest BCUT2D eigenvalue weighted by Gasteiger charge is -2.35. The summed E-state index contributed by atoms with van der Waals surface area (Å²) in [5, 5.41) is 9.14. The zero-order valence-corrected chi connectivity index (χ0v) is 8.03. The Morgan fingerprint density at radius 2 is 2.00 bits per heavy atom. The summed E-state index contributed by atoms with van der Waals surface area (Å²) in [6, 6.07) is 7.91. The van der Waals surface area contributed by atoms with E-state index in [-0.39, 0.29) is 6.79 Å². The summed E-state index contributed by atoms with van der Waals surface area (Å²) in [7, 11) is 0. The van der Waals surface area contributed by atoms with E-state index in [1.807, 2.05) is 18.2 Å². The molecule has 2 aliphatic rings. The summed E-state index contributed by atoms with van der Waals surface area (Å²) in [6.07, 6.45) is 0. The first-order valence-electron chi connectivity index (χ1n) is 4.73. The standard InChI is InChI=1S/C11H9NO3/c12-4-11(5-13-6-11)8-1-2-9-10(3-8)15-7-14-9/h1-3H,5-7H2. The number of hydrogen-bond donors (Lipinski definition) is 0. The fourth-order valence-corrected chi connectivity index (χ4v) is 1.80. The summed E-state index contributed by atoms with van der Waals surface area (Å²) in [6.45, 7) is 1.18. The molecule has 0 radical (unpaired) electrons. The van der Waals surface area contributed by atoms with Crippen LogP contribution in [0.3, 0.4) is 0 Å². The van der Waals surface area contributed by atoms with Crippen molar-refractivity contribution in [3.05, 3.63) is 23.8 Å². The Morgan fingerprint density at radius 1 is 1.20 bits per heavy atom. The highest BCUT2D eigenvalue weighted by atomic mass is 16.7. The first-order valence-corrected chi connectivity index (χ1v) is 4.73.